The molecule has 0 bridgehead atoms. The Hall–Kier alpha value is -1.73. The molecule has 0 saturated carbocycles. The minimum atomic E-state index is 0. The summed E-state index contributed by atoms with van der Waals surface area (Å²) < 4.78 is 12.9. The number of rotatable bonds is 10. The van der Waals surface area contributed by atoms with E-state index in [4.69, 9.17) is 14.3 Å². The third kappa shape index (κ3) is 7.69. The lowest BCUT2D eigenvalue weighted by Crippen LogP contribution is -2.44. The maximum Gasteiger partial charge on any atom is 0.192 e. The number of aromatic nitrogens is 4. The zero-order valence-corrected chi connectivity index (χ0v) is 22.0. The quantitative estimate of drug-likeness (QED) is 0.259. The molecule has 180 valence electrons. The van der Waals surface area contributed by atoms with E-state index in [2.05, 4.69) is 44.7 Å². The molecule has 32 heavy (non-hydrogen) atoms. The van der Waals surface area contributed by atoms with E-state index in [-0.39, 0.29) is 24.0 Å². The van der Waals surface area contributed by atoms with E-state index >= 15 is 0 Å². The van der Waals surface area contributed by atoms with Gasteiger partial charge >= 0.3 is 0 Å². The van der Waals surface area contributed by atoms with E-state index in [1.165, 1.54) is 0 Å². The molecule has 1 saturated heterocycles. The second-order valence-electron chi connectivity index (χ2n) is 7.85. The highest BCUT2D eigenvalue weighted by atomic mass is 127. The van der Waals surface area contributed by atoms with Crippen LogP contribution >= 0.6 is 24.0 Å². The molecule has 0 atom stereocenters. The van der Waals surface area contributed by atoms with E-state index in [1.807, 2.05) is 24.6 Å². The summed E-state index contributed by atoms with van der Waals surface area (Å²) in [6.07, 6.45) is 2.12. The van der Waals surface area contributed by atoms with Crippen molar-refractivity contribution in [2.75, 3.05) is 39.4 Å². The predicted molar refractivity (Wildman–Crippen MR) is 134 cm³/mol. The van der Waals surface area contributed by atoms with Crippen LogP contribution in [0.5, 0.6) is 0 Å². The summed E-state index contributed by atoms with van der Waals surface area (Å²) in [7, 11) is 1.95. The van der Waals surface area contributed by atoms with Gasteiger partial charge in [-0.1, -0.05) is 19.0 Å². The minimum Gasteiger partial charge on any atom is -0.379 e. The zero-order valence-electron chi connectivity index (χ0n) is 19.6. The van der Waals surface area contributed by atoms with Crippen LogP contribution in [0.25, 0.3) is 0 Å². The Morgan fingerprint density at radius 1 is 1.19 bits per heavy atom. The summed E-state index contributed by atoms with van der Waals surface area (Å²) in [4.78, 5) is 7.09. The highest BCUT2D eigenvalue weighted by Crippen LogP contribution is 2.22. The fourth-order valence-electron chi connectivity index (χ4n) is 3.55. The van der Waals surface area contributed by atoms with Crippen molar-refractivity contribution in [3.63, 3.8) is 0 Å². The number of halogens is 1. The van der Waals surface area contributed by atoms with Crippen molar-refractivity contribution >= 4 is 29.9 Å². The number of ether oxygens (including phenoxy) is 1. The average molecular weight is 560 g/mol. The van der Waals surface area contributed by atoms with Gasteiger partial charge in [0.2, 0.25) is 0 Å². The van der Waals surface area contributed by atoms with Crippen LogP contribution in [0.2, 0.25) is 0 Å². The lowest BCUT2D eigenvalue weighted by atomic mass is 9.99. The number of hydrogen-bond acceptors (Lipinski definition) is 7. The molecule has 3 heterocycles. The number of nitrogens with zero attached hydrogens (tertiary/aromatic N) is 6. The Kier molecular flexibility index (Phi) is 11.4. The van der Waals surface area contributed by atoms with Crippen LogP contribution in [0.1, 0.15) is 55.7 Å². The first-order chi connectivity index (χ1) is 15.1. The normalized spacial score (nSPS) is 15.1. The van der Waals surface area contributed by atoms with E-state index in [0.717, 1.165) is 81.3 Å². The van der Waals surface area contributed by atoms with Gasteiger partial charge in [0.15, 0.2) is 17.5 Å². The summed E-state index contributed by atoms with van der Waals surface area (Å²) in [5, 5.41) is 19.3. The second-order valence-corrected chi connectivity index (χ2v) is 7.85. The molecule has 0 amide bonds. The molecular weight excluding hydrogens is 523 g/mol. The minimum absolute atomic E-state index is 0. The molecule has 0 radical (unpaired) electrons. The van der Waals surface area contributed by atoms with Gasteiger partial charge < -0.3 is 24.5 Å². The van der Waals surface area contributed by atoms with Gasteiger partial charge in [-0.3, -0.25) is 4.90 Å². The number of hydrogen-bond donors (Lipinski definition) is 2. The number of morpholine rings is 1. The predicted octanol–water partition coefficient (Wildman–Crippen LogP) is 2.20. The van der Waals surface area contributed by atoms with Crippen molar-refractivity contribution in [3.8, 4) is 0 Å². The van der Waals surface area contributed by atoms with Gasteiger partial charge in [-0.05, 0) is 19.8 Å². The zero-order chi connectivity index (χ0) is 22.1. The van der Waals surface area contributed by atoms with Gasteiger partial charge in [-0.25, -0.2) is 4.99 Å². The van der Waals surface area contributed by atoms with Gasteiger partial charge in [0.25, 0.3) is 0 Å². The lowest BCUT2D eigenvalue weighted by molar-refractivity contribution is 0.0389. The molecule has 2 aromatic rings. The van der Waals surface area contributed by atoms with Crippen molar-refractivity contribution in [1.82, 2.24) is 35.5 Å². The first kappa shape index (κ1) is 26.5. The summed E-state index contributed by atoms with van der Waals surface area (Å²) in [5.41, 5.74) is 1.02. The van der Waals surface area contributed by atoms with E-state index < -0.39 is 0 Å². The van der Waals surface area contributed by atoms with Crippen molar-refractivity contribution in [1.29, 1.82) is 0 Å². The molecule has 0 spiro atoms. The molecule has 1 aliphatic heterocycles. The molecule has 2 N–H and O–H groups in total. The van der Waals surface area contributed by atoms with Gasteiger partial charge in [0, 0.05) is 45.2 Å². The van der Waals surface area contributed by atoms with Crippen molar-refractivity contribution in [2.24, 2.45) is 12.0 Å². The summed E-state index contributed by atoms with van der Waals surface area (Å²) >= 11 is 0. The Morgan fingerprint density at radius 2 is 1.94 bits per heavy atom. The standard InChI is InChI=1S/C21H36N8O2.HI/c1-5-17(6-2)19-13-18(31-27-19)14-23-21(22-7-8-29-9-11-30-12-10-29)24-15-20-26-25-16(3)28(20)4;/h13,17H,5-12,14-15H2,1-4H3,(H2,22,23,24);1H. The molecule has 11 heteroatoms. The smallest absolute Gasteiger partial charge is 0.192 e. The van der Waals surface area contributed by atoms with Gasteiger partial charge in [0.05, 0.1) is 25.5 Å². The largest absolute Gasteiger partial charge is 0.379 e. The highest BCUT2D eigenvalue weighted by Gasteiger charge is 2.14. The first-order valence-corrected chi connectivity index (χ1v) is 11.2. The van der Waals surface area contributed by atoms with Crippen molar-refractivity contribution in [3.05, 3.63) is 29.2 Å². The van der Waals surface area contributed by atoms with E-state index in [9.17, 15) is 0 Å². The molecule has 10 nitrogen and oxygen atoms in total. The molecule has 2 aromatic heterocycles. The van der Waals surface area contributed by atoms with Crippen LogP contribution in [-0.2, 0) is 24.9 Å². The number of aliphatic imine (C=N–C) groups is 1. The molecular formula is C21H37IN8O2. The molecule has 0 aromatic carbocycles. The third-order valence-electron chi connectivity index (χ3n) is 5.80. The van der Waals surface area contributed by atoms with Crippen LogP contribution < -0.4 is 10.6 Å². The van der Waals surface area contributed by atoms with Gasteiger partial charge in [0.1, 0.15) is 12.4 Å². The Morgan fingerprint density at radius 3 is 2.59 bits per heavy atom. The van der Waals surface area contributed by atoms with Gasteiger partial charge in [-0.15, -0.1) is 34.2 Å². The second kappa shape index (κ2) is 13.7. The fourth-order valence-corrected chi connectivity index (χ4v) is 3.55. The van der Waals surface area contributed by atoms with Crippen LogP contribution in [0, 0.1) is 6.92 Å². The lowest BCUT2D eigenvalue weighted by Gasteiger charge is -2.26. The third-order valence-corrected chi connectivity index (χ3v) is 5.80. The first-order valence-electron chi connectivity index (χ1n) is 11.2. The number of aryl methyl sites for hydroxylation is 1. The average Bonchev–Trinajstić information content (AvgIpc) is 3.38. The maximum absolute atomic E-state index is 5.54. The Bertz CT molecular complexity index is 828. The molecule has 1 aliphatic rings. The number of guanidine groups is 1. The SMILES string of the molecule is CCC(CC)c1cc(CNC(=NCc2nnc(C)n2C)NCCN2CCOCC2)on1.I. The Labute approximate surface area is 207 Å². The Balaban J connectivity index is 0.00000363. The topological polar surface area (TPSA) is 106 Å². The van der Waals surface area contributed by atoms with E-state index in [0.29, 0.717) is 19.0 Å². The maximum atomic E-state index is 5.54. The number of nitrogens with one attached hydrogen (secondary N) is 2. The van der Waals surface area contributed by atoms with Crippen LogP contribution in [-0.4, -0.2) is 70.2 Å². The van der Waals surface area contributed by atoms with Crippen LogP contribution in [0.15, 0.2) is 15.6 Å². The van der Waals surface area contributed by atoms with Crippen molar-refractivity contribution < 1.29 is 9.26 Å². The molecule has 1 fully saturated rings. The molecule has 3 rings (SSSR count). The van der Waals surface area contributed by atoms with Crippen molar-refractivity contribution in [2.45, 2.75) is 52.6 Å². The van der Waals surface area contributed by atoms with Crippen LogP contribution in [0.3, 0.4) is 0 Å². The monoisotopic (exact) mass is 560 g/mol. The fraction of sp³-hybridized carbons (Fsp3) is 0.714. The van der Waals surface area contributed by atoms with Gasteiger partial charge in [-0.2, -0.15) is 0 Å². The van der Waals surface area contributed by atoms with E-state index in [1.54, 1.807) is 0 Å². The highest BCUT2D eigenvalue weighted by molar-refractivity contribution is 14.0. The molecule has 0 unspecified atom stereocenters. The summed E-state index contributed by atoms with van der Waals surface area (Å²) in [6.45, 7) is 12.5. The summed E-state index contributed by atoms with van der Waals surface area (Å²) in [6, 6.07) is 2.04. The van der Waals surface area contributed by atoms with Crippen LogP contribution in [0.4, 0.5) is 0 Å². The summed E-state index contributed by atoms with van der Waals surface area (Å²) in [5.74, 6) is 3.66. The molecule has 0 aliphatic carbocycles.